The van der Waals surface area contributed by atoms with Crippen molar-refractivity contribution in [3.05, 3.63) is 64.8 Å². The predicted octanol–water partition coefficient (Wildman–Crippen LogP) is 3.65. The van der Waals surface area contributed by atoms with E-state index < -0.39 is 0 Å². The molecule has 1 aromatic carbocycles. The molecule has 0 bridgehead atoms. The SMILES string of the molecule is Cc1ncccc1C(N)c1cccc2ccsc12. The van der Waals surface area contributed by atoms with Gasteiger partial charge < -0.3 is 5.73 Å². The van der Waals surface area contributed by atoms with E-state index in [1.807, 2.05) is 13.0 Å². The minimum Gasteiger partial charge on any atom is -0.320 e. The van der Waals surface area contributed by atoms with Gasteiger partial charge in [-0.15, -0.1) is 11.3 Å². The fourth-order valence-electron chi connectivity index (χ4n) is 2.25. The number of pyridine rings is 1. The fourth-order valence-corrected chi connectivity index (χ4v) is 3.21. The van der Waals surface area contributed by atoms with E-state index in [1.165, 1.54) is 15.6 Å². The second-order valence-electron chi connectivity index (χ2n) is 4.34. The maximum atomic E-state index is 6.41. The summed E-state index contributed by atoms with van der Waals surface area (Å²) in [6.45, 7) is 2.00. The van der Waals surface area contributed by atoms with Gasteiger partial charge in [0.05, 0.1) is 6.04 Å². The summed E-state index contributed by atoms with van der Waals surface area (Å²) in [4.78, 5) is 4.32. The highest BCUT2D eigenvalue weighted by Gasteiger charge is 2.14. The number of aryl methyl sites for hydroxylation is 1. The van der Waals surface area contributed by atoms with Gasteiger partial charge in [-0.1, -0.05) is 24.3 Å². The molecule has 0 aliphatic heterocycles. The van der Waals surface area contributed by atoms with Crippen LogP contribution >= 0.6 is 11.3 Å². The summed E-state index contributed by atoms with van der Waals surface area (Å²) < 4.78 is 1.27. The van der Waals surface area contributed by atoms with E-state index in [4.69, 9.17) is 5.73 Å². The van der Waals surface area contributed by atoms with Gasteiger partial charge in [-0.2, -0.15) is 0 Å². The third kappa shape index (κ3) is 1.82. The number of fused-ring (bicyclic) bond motifs is 1. The summed E-state index contributed by atoms with van der Waals surface area (Å²) in [6, 6.07) is 12.3. The smallest absolute Gasteiger partial charge is 0.0583 e. The molecule has 0 spiro atoms. The van der Waals surface area contributed by atoms with E-state index in [2.05, 4.69) is 40.7 Å². The molecule has 3 heteroatoms. The zero-order valence-electron chi connectivity index (χ0n) is 10.1. The molecule has 0 radical (unpaired) electrons. The molecule has 0 aliphatic rings. The van der Waals surface area contributed by atoms with Crippen LogP contribution in [-0.2, 0) is 0 Å². The molecule has 2 nitrogen and oxygen atoms in total. The molecular formula is C15H14N2S. The van der Waals surface area contributed by atoms with Crippen LogP contribution in [0.2, 0.25) is 0 Å². The molecular weight excluding hydrogens is 240 g/mol. The maximum Gasteiger partial charge on any atom is 0.0583 e. The van der Waals surface area contributed by atoms with Crippen LogP contribution in [0.1, 0.15) is 22.9 Å². The molecule has 3 aromatic rings. The first-order valence-electron chi connectivity index (χ1n) is 5.90. The van der Waals surface area contributed by atoms with E-state index in [1.54, 1.807) is 17.5 Å². The highest BCUT2D eigenvalue weighted by molar-refractivity contribution is 7.17. The second-order valence-corrected chi connectivity index (χ2v) is 5.26. The average molecular weight is 254 g/mol. The Bertz CT molecular complexity index is 688. The number of benzene rings is 1. The molecule has 0 amide bonds. The molecule has 0 saturated carbocycles. The largest absolute Gasteiger partial charge is 0.320 e. The van der Waals surface area contributed by atoms with Crippen molar-refractivity contribution in [2.24, 2.45) is 5.73 Å². The topological polar surface area (TPSA) is 38.9 Å². The van der Waals surface area contributed by atoms with Gasteiger partial charge in [0.25, 0.3) is 0 Å². The number of thiophene rings is 1. The lowest BCUT2D eigenvalue weighted by Crippen LogP contribution is -2.13. The van der Waals surface area contributed by atoms with E-state index >= 15 is 0 Å². The third-order valence-corrected chi connectivity index (χ3v) is 4.21. The Kier molecular flexibility index (Phi) is 2.86. The van der Waals surface area contributed by atoms with E-state index in [-0.39, 0.29) is 6.04 Å². The van der Waals surface area contributed by atoms with Crippen LogP contribution in [0.5, 0.6) is 0 Å². The highest BCUT2D eigenvalue weighted by atomic mass is 32.1. The molecule has 0 aliphatic carbocycles. The van der Waals surface area contributed by atoms with Gasteiger partial charge in [0, 0.05) is 16.6 Å². The first-order chi connectivity index (χ1) is 8.77. The van der Waals surface area contributed by atoms with Crippen molar-refractivity contribution in [2.45, 2.75) is 13.0 Å². The van der Waals surface area contributed by atoms with Crippen molar-refractivity contribution < 1.29 is 0 Å². The van der Waals surface area contributed by atoms with Crippen LogP contribution in [0.4, 0.5) is 0 Å². The zero-order chi connectivity index (χ0) is 12.5. The maximum absolute atomic E-state index is 6.41. The van der Waals surface area contributed by atoms with E-state index in [9.17, 15) is 0 Å². The van der Waals surface area contributed by atoms with Crippen molar-refractivity contribution in [1.29, 1.82) is 0 Å². The molecule has 2 N–H and O–H groups in total. The van der Waals surface area contributed by atoms with Crippen molar-refractivity contribution in [3.8, 4) is 0 Å². The van der Waals surface area contributed by atoms with Gasteiger partial charge in [0.1, 0.15) is 0 Å². The van der Waals surface area contributed by atoms with Crippen LogP contribution in [0.25, 0.3) is 10.1 Å². The van der Waals surface area contributed by atoms with Crippen LogP contribution in [-0.4, -0.2) is 4.98 Å². The first kappa shape index (κ1) is 11.4. The summed E-state index contributed by atoms with van der Waals surface area (Å²) in [6.07, 6.45) is 1.80. The third-order valence-electron chi connectivity index (χ3n) is 3.23. The quantitative estimate of drug-likeness (QED) is 0.758. The lowest BCUT2D eigenvalue weighted by molar-refractivity contribution is 0.857. The molecule has 2 aromatic heterocycles. The van der Waals surface area contributed by atoms with Gasteiger partial charge in [0.2, 0.25) is 0 Å². The Labute approximate surface area is 110 Å². The predicted molar refractivity (Wildman–Crippen MR) is 76.8 cm³/mol. The average Bonchev–Trinajstić information content (AvgIpc) is 2.86. The Morgan fingerprint density at radius 2 is 1.94 bits per heavy atom. The lowest BCUT2D eigenvalue weighted by atomic mass is 9.98. The Hall–Kier alpha value is -1.71. The number of nitrogens with two attached hydrogens (primary N) is 1. The van der Waals surface area contributed by atoms with Crippen LogP contribution < -0.4 is 5.73 Å². The molecule has 0 fully saturated rings. The Balaban J connectivity index is 2.15. The first-order valence-corrected chi connectivity index (χ1v) is 6.78. The van der Waals surface area contributed by atoms with Crippen LogP contribution in [0.3, 0.4) is 0 Å². The number of nitrogens with zero attached hydrogens (tertiary/aromatic N) is 1. The molecule has 1 unspecified atom stereocenters. The zero-order valence-corrected chi connectivity index (χ0v) is 10.9. The van der Waals surface area contributed by atoms with Gasteiger partial charge in [-0.05, 0) is 40.9 Å². The van der Waals surface area contributed by atoms with Crippen LogP contribution in [0, 0.1) is 6.92 Å². The van der Waals surface area contributed by atoms with Crippen molar-refractivity contribution >= 4 is 21.4 Å². The van der Waals surface area contributed by atoms with Gasteiger partial charge in [-0.25, -0.2) is 0 Å². The molecule has 3 rings (SSSR count). The number of hydrogen-bond donors (Lipinski definition) is 1. The highest BCUT2D eigenvalue weighted by Crippen LogP contribution is 2.31. The fraction of sp³-hybridized carbons (Fsp3) is 0.133. The Morgan fingerprint density at radius 1 is 1.11 bits per heavy atom. The molecule has 90 valence electrons. The van der Waals surface area contributed by atoms with Crippen molar-refractivity contribution in [2.75, 3.05) is 0 Å². The molecule has 2 heterocycles. The standard InChI is InChI=1S/C15H14N2S/c1-10-12(6-3-8-17-10)14(16)13-5-2-4-11-7-9-18-15(11)13/h2-9,14H,16H2,1H3. The molecule has 18 heavy (non-hydrogen) atoms. The number of rotatable bonds is 2. The summed E-state index contributed by atoms with van der Waals surface area (Å²) in [5, 5.41) is 3.37. The minimum absolute atomic E-state index is 0.110. The number of hydrogen-bond acceptors (Lipinski definition) is 3. The summed E-state index contributed by atoms with van der Waals surface area (Å²) in [5.74, 6) is 0. The monoisotopic (exact) mass is 254 g/mol. The van der Waals surface area contributed by atoms with Crippen molar-refractivity contribution in [3.63, 3.8) is 0 Å². The summed E-state index contributed by atoms with van der Waals surface area (Å²) in [5.41, 5.74) is 9.68. The Morgan fingerprint density at radius 3 is 2.78 bits per heavy atom. The number of aromatic nitrogens is 1. The van der Waals surface area contributed by atoms with Crippen molar-refractivity contribution in [1.82, 2.24) is 4.98 Å². The van der Waals surface area contributed by atoms with E-state index in [0.717, 1.165) is 11.3 Å². The second kappa shape index (κ2) is 4.52. The summed E-state index contributed by atoms with van der Waals surface area (Å²) >= 11 is 1.74. The van der Waals surface area contributed by atoms with E-state index in [0.29, 0.717) is 0 Å². The van der Waals surface area contributed by atoms with Crippen LogP contribution in [0.15, 0.2) is 48.0 Å². The van der Waals surface area contributed by atoms with Gasteiger partial charge in [0.15, 0.2) is 0 Å². The lowest BCUT2D eigenvalue weighted by Gasteiger charge is -2.15. The van der Waals surface area contributed by atoms with Gasteiger partial charge >= 0.3 is 0 Å². The molecule has 1 atom stereocenters. The summed E-state index contributed by atoms with van der Waals surface area (Å²) in [7, 11) is 0. The normalized spacial score (nSPS) is 12.8. The van der Waals surface area contributed by atoms with Gasteiger partial charge in [-0.3, -0.25) is 4.98 Å². The molecule has 0 saturated heterocycles. The minimum atomic E-state index is -0.110.